The average Bonchev–Trinajstić information content (AvgIpc) is 2.55. The Morgan fingerprint density at radius 2 is 1.83 bits per heavy atom. The van der Waals surface area contributed by atoms with Crippen LogP contribution < -0.4 is 15.8 Å². The van der Waals surface area contributed by atoms with E-state index in [1.807, 2.05) is 13.0 Å². The van der Waals surface area contributed by atoms with E-state index in [1.165, 1.54) is 6.92 Å². The SMILES string of the molecule is CC(=O)c1ccc(OCCCC(=O)Nc2cc(N)ccc2C)cc1. The Balaban J connectivity index is 1.74. The lowest BCUT2D eigenvalue weighted by Crippen LogP contribution is -2.13. The van der Waals surface area contributed by atoms with Crippen LogP contribution in [0.1, 0.15) is 35.7 Å². The highest BCUT2D eigenvalue weighted by Gasteiger charge is 2.06. The lowest BCUT2D eigenvalue weighted by molar-refractivity contribution is -0.116. The monoisotopic (exact) mass is 326 g/mol. The van der Waals surface area contributed by atoms with E-state index in [9.17, 15) is 9.59 Å². The second kappa shape index (κ2) is 8.15. The van der Waals surface area contributed by atoms with Gasteiger partial charge in [-0.15, -0.1) is 0 Å². The Morgan fingerprint density at radius 1 is 1.12 bits per heavy atom. The second-order valence-corrected chi connectivity index (χ2v) is 5.66. The first-order chi connectivity index (χ1) is 11.5. The molecular weight excluding hydrogens is 304 g/mol. The number of Topliss-reactive ketones (excluding diaryl/α,β-unsaturated/α-hetero) is 1. The molecule has 5 nitrogen and oxygen atoms in total. The van der Waals surface area contributed by atoms with Gasteiger partial charge in [-0.1, -0.05) is 6.07 Å². The van der Waals surface area contributed by atoms with Gasteiger partial charge in [0, 0.05) is 23.4 Å². The lowest BCUT2D eigenvalue weighted by Gasteiger charge is -2.10. The molecule has 2 aromatic carbocycles. The van der Waals surface area contributed by atoms with Crippen molar-refractivity contribution in [2.24, 2.45) is 0 Å². The molecule has 0 spiro atoms. The minimum absolute atomic E-state index is 0.0232. The number of rotatable bonds is 7. The van der Waals surface area contributed by atoms with Crippen molar-refractivity contribution in [2.45, 2.75) is 26.7 Å². The maximum atomic E-state index is 12.0. The molecule has 24 heavy (non-hydrogen) atoms. The van der Waals surface area contributed by atoms with Gasteiger partial charge in [0.05, 0.1) is 6.61 Å². The molecular formula is C19H22N2O3. The molecule has 0 unspecified atom stereocenters. The third-order valence-electron chi connectivity index (χ3n) is 3.61. The van der Waals surface area contributed by atoms with Crippen molar-refractivity contribution < 1.29 is 14.3 Å². The van der Waals surface area contributed by atoms with E-state index in [-0.39, 0.29) is 11.7 Å². The molecule has 2 rings (SSSR count). The van der Waals surface area contributed by atoms with E-state index < -0.39 is 0 Å². The van der Waals surface area contributed by atoms with Crippen molar-refractivity contribution in [1.82, 2.24) is 0 Å². The maximum Gasteiger partial charge on any atom is 0.224 e. The fraction of sp³-hybridized carbons (Fsp3) is 0.263. The molecule has 0 aromatic heterocycles. The second-order valence-electron chi connectivity index (χ2n) is 5.66. The van der Waals surface area contributed by atoms with Gasteiger partial charge in [-0.3, -0.25) is 9.59 Å². The van der Waals surface area contributed by atoms with Crippen molar-refractivity contribution in [3.8, 4) is 5.75 Å². The van der Waals surface area contributed by atoms with Gasteiger partial charge in [-0.25, -0.2) is 0 Å². The van der Waals surface area contributed by atoms with Crippen LogP contribution in [-0.4, -0.2) is 18.3 Å². The molecule has 5 heteroatoms. The molecule has 0 bridgehead atoms. The van der Waals surface area contributed by atoms with Gasteiger partial charge < -0.3 is 15.8 Å². The summed E-state index contributed by atoms with van der Waals surface area (Å²) in [4.78, 5) is 23.2. The molecule has 0 aliphatic carbocycles. The Labute approximate surface area is 141 Å². The van der Waals surface area contributed by atoms with Gasteiger partial charge in [0.25, 0.3) is 0 Å². The van der Waals surface area contributed by atoms with Crippen LogP contribution in [0.3, 0.4) is 0 Å². The molecule has 0 aliphatic heterocycles. The molecule has 0 heterocycles. The highest BCUT2D eigenvalue weighted by molar-refractivity contribution is 5.94. The van der Waals surface area contributed by atoms with Crippen LogP contribution in [0.25, 0.3) is 0 Å². The first kappa shape index (κ1) is 17.5. The van der Waals surface area contributed by atoms with Gasteiger partial charge >= 0.3 is 0 Å². The summed E-state index contributed by atoms with van der Waals surface area (Å²) < 4.78 is 5.57. The van der Waals surface area contributed by atoms with Gasteiger partial charge in [-0.05, 0) is 62.2 Å². The Hall–Kier alpha value is -2.82. The van der Waals surface area contributed by atoms with Crippen LogP contribution >= 0.6 is 0 Å². The third-order valence-corrected chi connectivity index (χ3v) is 3.61. The van der Waals surface area contributed by atoms with E-state index in [2.05, 4.69) is 5.32 Å². The summed E-state index contributed by atoms with van der Waals surface area (Å²) >= 11 is 0. The molecule has 0 saturated heterocycles. The summed E-state index contributed by atoms with van der Waals surface area (Å²) in [7, 11) is 0. The van der Waals surface area contributed by atoms with Crippen molar-refractivity contribution in [1.29, 1.82) is 0 Å². The first-order valence-electron chi connectivity index (χ1n) is 7.85. The molecule has 0 aliphatic rings. The number of aryl methyl sites for hydroxylation is 1. The van der Waals surface area contributed by atoms with Gasteiger partial charge in [0.15, 0.2) is 5.78 Å². The Bertz CT molecular complexity index is 724. The Kier molecular flexibility index (Phi) is 5.95. The van der Waals surface area contributed by atoms with E-state index >= 15 is 0 Å². The molecule has 3 N–H and O–H groups in total. The van der Waals surface area contributed by atoms with Crippen molar-refractivity contribution in [3.05, 3.63) is 53.6 Å². The van der Waals surface area contributed by atoms with E-state index in [0.29, 0.717) is 36.4 Å². The standard InChI is InChI=1S/C19H22N2O3/c1-13-5-8-16(20)12-18(13)21-19(23)4-3-11-24-17-9-6-15(7-10-17)14(2)22/h5-10,12H,3-4,11,20H2,1-2H3,(H,21,23). The number of nitrogens with two attached hydrogens (primary N) is 1. The molecule has 1 amide bonds. The van der Waals surface area contributed by atoms with Crippen LogP contribution in [0, 0.1) is 6.92 Å². The van der Waals surface area contributed by atoms with Crippen LogP contribution in [0.2, 0.25) is 0 Å². The van der Waals surface area contributed by atoms with Crippen LogP contribution in [0.4, 0.5) is 11.4 Å². The number of ether oxygens (including phenoxy) is 1. The summed E-state index contributed by atoms with van der Waals surface area (Å²) in [6, 6.07) is 12.4. The summed E-state index contributed by atoms with van der Waals surface area (Å²) in [6.45, 7) is 3.88. The van der Waals surface area contributed by atoms with Crippen LogP contribution in [0.5, 0.6) is 5.75 Å². The summed E-state index contributed by atoms with van der Waals surface area (Å²) in [5.41, 5.74) is 8.71. The molecule has 0 fully saturated rings. The summed E-state index contributed by atoms with van der Waals surface area (Å²) in [5.74, 6) is 0.640. The molecule has 0 saturated carbocycles. The highest BCUT2D eigenvalue weighted by Crippen LogP contribution is 2.18. The fourth-order valence-electron chi connectivity index (χ4n) is 2.20. The number of hydrogen-bond donors (Lipinski definition) is 2. The highest BCUT2D eigenvalue weighted by atomic mass is 16.5. The predicted octanol–water partition coefficient (Wildman–Crippen LogP) is 3.58. The molecule has 126 valence electrons. The zero-order chi connectivity index (χ0) is 17.5. The number of hydrogen-bond acceptors (Lipinski definition) is 4. The van der Waals surface area contributed by atoms with Gasteiger partial charge in [-0.2, -0.15) is 0 Å². The molecule has 2 aromatic rings. The quantitative estimate of drug-likeness (QED) is 0.463. The van der Waals surface area contributed by atoms with Crippen LogP contribution in [-0.2, 0) is 4.79 Å². The molecule has 0 radical (unpaired) electrons. The minimum atomic E-state index is -0.0702. The van der Waals surface area contributed by atoms with E-state index in [4.69, 9.17) is 10.5 Å². The first-order valence-corrected chi connectivity index (χ1v) is 7.85. The fourth-order valence-corrected chi connectivity index (χ4v) is 2.20. The number of nitrogens with one attached hydrogen (secondary N) is 1. The van der Waals surface area contributed by atoms with Crippen LogP contribution in [0.15, 0.2) is 42.5 Å². The zero-order valence-electron chi connectivity index (χ0n) is 14.0. The number of benzene rings is 2. The number of anilines is 2. The largest absolute Gasteiger partial charge is 0.494 e. The van der Waals surface area contributed by atoms with Crippen molar-refractivity contribution >= 4 is 23.1 Å². The van der Waals surface area contributed by atoms with Gasteiger partial charge in [0.2, 0.25) is 5.91 Å². The predicted molar refractivity (Wildman–Crippen MR) is 95.4 cm³/mol. The average molecular weight is 326 g/mol. The van der Waals surface area contributed by atoms with E-state index in [1.54, 1.807) is 36.4 Å². The van der Waals surface area contributed by atoms with Crippen molar-refractivity contribution in [3.63, 3.8) is 0 Å². The topological polar surface area (TPSA) is 81.4 Å². The summed E-state index contributed by atoms with van der Waals surface area (Å²) in [5, 5.41) is 2.86. The lowest BCUT2D eigenvalue weighted by atomic mass is 10.1. The number of carbonyl (C=O) groups excluding carboxylic acids is 2. The Morgan fingerprint density at radius 3 is 2.50 bits per heavy atom. The third kappa shape index (κ3) is 5.12. The zero-order valence-corrected chi connectivity index (χ0v) is 14.0. The van der Waals surface area contributed by atoms with Crippen molar-refractivity contribution in [2.75, 3.05) is 17.7 Å². The van der Waals surface area contributed by atoms with E-state index in [0.717, 1.165) is 11.3 Å². The number of carbonyl (C=O) groups is 2. The normalized spacial score (nSPS) is 10.2. The minimum Gasteiger partial charge on any atom is -0.494 e. The number of ketones is 1. The maximum absolute atomic E-state index is 12.0. The van der Waals surface area contributed by atoms with Gasteiger partial charge in [0.1, 0.15) is 5.75 Å². The number of nitrogen functional groups attached to an aromatic ring is 1. The summed E-state index contributed by atoms with van der Waals surface area (Å²) in [6.07, 6.45) is 0.960. The molecule has 0 atom stereocenters. The smallest absolute Gasteiger partial charge is 0.224 e. The number of amides is 1.